The van der Waals surface area contributed by atoms with Gasteiger partial charge in [0, 0.05) is 5.69 Å². The number of anilines is 1. The van der Waals surface area contributed by atoms with Crippen LogP contribution in [-0.2, 0) is 11.2 Å². The lowest BCUT2D eigenvalue weighted by molar-refractivity contribution is -0.126. The van der Waals surface area contributed by atoms with Crippen LogP contribution in [-0.4, -0.2) is 25.2 Å². The minimum absolute atomic E-state index is 0.363. The number of amides is 1. The van der Waals surface area contributed by atoms with Gasteiger partial charge in [-0.3, -0.25) is 4.79 Å². The highest BCUT2D eigenvalue weighted by Crippen LogP contribution is 2.13. The van der Waals surface area contributed by atoms with E-state index >= 15 is 0 Å². The van der Waals surface area contributed by atoms with Crippen molar-refractivity contribution in [1.29, 1.82) is 0 Å². The molecule has 0 saturated carbocycles. The third-order valence-electron chi connectivity index (χ3n) is 2.92. The van der Waals surface area contributed by atoms with Gasteiger partial charge in [0.05, 0.1) is 13.1 Å². The summed E-state index contributed by atoms with van der Waals surface area (Å²) in [7, 11) is 0. The fourth-order valence-corrected chi connectivity index (χ4v) is 1.86. The molecule has 0 radical (unpaired) electrons. The Labute approximate surface area is 122 Å². The molecule has 3 nitrogen and oxygen atoms in total. The molecule has 1 aromatic carbocycles. The minimum atomic E-state index is -4.31. The Kier molecular flexibility index (Phi) is 7.22. The molecule has 0 aliphatic carbocycles. The molecular weight excluding hydrogens is 281 g/mol. The van der Waals surface area contributed by atoms with Crippen LogP contribution in [0.15, 0.2) is 24.3 Å². The predicted molar refractivity (Wildman–Crippen MR) is 77.2 cm³/mol. The fourth-order valence-electron chi connectivity index (χ4n) is 1.86. The van der Waals surface area contributed by atoms with Gasteiger partial charge in [-0.05, 0) is 30.5 Å². The quantitative estimate of drug-likeness (QED) is 0.722. The van der Waals surface area contributed by atoms with E-state index in [0.29, 0.717) is 5.69 Å². The molecule has 0 aliphatic rings. The lowest BCUT2D eigenvalue weighted by Gasteiger charge is -2.09. The highest BCUT2D eigenvalue weighted by Gasteiger charge is 2.26. The number of rotatable bonds is 8. The molecule has 0 heterocycles. The number of benzene rings is 1. The van der Waals surface area contributed by atoms with Crippen LogP contribution in [0, 0.1) is 0 Å². The van der Waals surface area contributed by atoms with E-state index in [9.17, 15) is 18.0 Å². The monoisotopic (exact) mass is 302 g/mol. The third-order valence-corrected chi connectivity index (χ3v) is 2.92. The van der Waals surface area contributed by atoms with Crippen LogP contribution < -0.4 is 10.6 Å². The molecule has 0 aromatic heterocycles. The SMILES string of the molecule is CCCCCc1ccc(NC(=O)CNCC(F)(F)F)cc1. The molecule has 0 atom stereocenters. The maximum absolute atomic E-state index is 11.9. The molecule has 1 rings (SSSR count). The number of nitrogens with one attached hydrogen (secondary N) is 2. The highest BCUT2D eigenvalue weighted by atomic mass is 19.4. The van der Waals surface area contributed by atoms with Crippen molar-refractivity contribution in [1.82, 2.24) is 5.32 Å². The first-order chi connectivity index (χ1) is 9.90. The van der Waals surface area contributed by atoms with Gasteiger partial charge in [0.1, 0.15) is 0 Å². The van der Waals surface area contributed by atoms with Gasteiger partial charge < -0.3 is 10.6 Å². The summed E-state index contributed by atoms with van der Waals surface area (Å²) in [4.78, 5) is 11.5. The number of aryl methyl sites for hydroxylation is 1. The van der Waals surface area contributed by atoms with Gasteiger partial charge in [0.25, 0.3) is 0 Å². The molecule has 0 saturated heterocycles. The zero-order valence-electron chi connectivity index (χ0n) is 12.1. The van der Waals surface area contributed by atoms with Gasteiger partial charge in [0.15, 0.2) is 0 Å². The van der Waals surface area contributed by atoms with E-state index in [1.54, 1.807) is 12.1 Å². The predicted octanol–water partition coefficient (Wildman–Crippen LogP) is 3.51. The third kappa shape index (κ3) is 8.34. The zero-order valence-corrected chi connectivity index (χ0v) is 12.1. The Bertz CT molecular complexity index is 430. The second-order valence-corrected chi connectivity index (χ2v) is 4.92. The van der Waals surface area contributed by atoms with Crippen LogP contribution in [0.4, 0.5) is 18.9 Å². The maximum Gasteiger partial charge on any atom is 0.401 e. The Morgan fingerprint density at radius 3 is 2.38 bits per heavy atom. The summed E-state index contributed by atoms with van der Waals surface area (Å²) >= 11 is 0. The summed E-state index contributed by atoms with van der Waals surface area (Å²) in [5.74, 6) is -0.488. The van der Waals surface area contributed by atoms with E-state index in [4.69, 9.17) is 0 Å². The largest absolute Gasteiger partial charge is 0.401 e. The minimum Gasteiger partial charge on any atom is -0.325 e. The van der Waals surface area contributed by atoms with Crippen LogP contribution in [0.5, 0.6) is 0 Å². The number of hydrogen-bond donors (Lipinski definition) is 2. The van der Waals surface area contributed by atoms with Gasteiger partial charge in [-0.2, -0.15) is 13.2 Å². The van der Waals surface area contributed by atoms with Crippen LogP contribution in [0.1, 0.15) is 31.7 Å². The standard InChI is InChI=1S/C15H21F3N2O/c1-2-3-4-5-12-6-8-13(9-7-12)20-14(21)10-19-11-15(16,17)18/h6-9,19H,2-5,10-11H2,1H3,(H,20,21). The van der Waals surface area contributed by atoms with Crippen LogP contribution in [0.25, 0.3) is 0 Å². The summed E-state index contributed by atoms with van der Waals surface area (Å²) in [6.07, 6.45) is 0.168. The number of unbranched alkanes of at least 4 members (excludes halogenated alkanes) is 2. The van der Waals surface area contributed by atoms with Crippen molar-refractivity contribution in [2.75, 3.05) is 18.4 Å². The zero-order chi connectivity index (χ0) is 15.7. The molecule has 0 bridgehead atoms. The number of carbonyl (C=O) groups excluding carboxylic acids is 1. The average molecular weight is 302 g/mol. The molecular formula is C15H21F3N2O. The van der Waals surface area contributed by atoms with Crippen molar-refractivity contribution in [3.8, 4) is 0 Å². The van der Waals surface area contributed by atoms with Crippen molar-refractivity contribution >= 4 is 11.6 Å². The van der Waals surface area contributed by atoms with Crippen LogP contribution >= 0.6 is 0 Å². The van der Waals surface area contributed by atoms with Crippen molar-refractivity contribution in [3.05, 3.63) is 29.8 Å². The van der Waals surface area contributed by atoms with Gasteiger partial charge in [0.2, 0.25) is 5.91 Å². The van der Waals surface area contributed by atoms with Crippen molar-refractivity contribution < 1.29 is 18.0 Å². The summed E-state index contributed by atoms with van der Waals surface area (Å²) in [6, 6.07) is 7.38. The first-order valence-corrected chi connectivity index (χ1v) is 7.07. The Morgan fingerprint density at radius 1 is 1.14 bits per heavy atom. The number of hydrogen-bond acceptors (Lipinski definition) is 2. The van der Waals surface area contributed by atoms with Gasteiger partial charge in [-0.25, -0.2) is 0 Å². The highest BCUT2D eigenvalue weighted by molar-refractivity contribution is 5.92. The molecule has 0 unspecified atom stereocenters. The summed E-state index contributed by atoms with van der Waals surface area (Å²) in [6.45, 7) is 0.611. The molecule has 118 valence electrons. The molecule has 0 fully saturated rings. The van der Waals surface area contributed by atoms with Gasteiger partial charge in [-0.1, -0.05) is 31.9 Å². The summed E-state index contributed by atoms with van der Waals surface area (Å²) in [5.41, 5.74) is 1.78. The van der Waals surface area contributed by atoms with E-state index in [1.807, 2.05) is 12.1 Å². The van der Waals surface area contributed by atoms with Crippen LogP contribution in [0.2, 0.25) is 0 Å². The molecule has 0 spiro atoms. The topological polar surface area (TPSA) is 41.1 Å². The van der Waals surface area contributed by atoms with Crippen molar-refractivity contribution in [2.45, 2.75) is 38.8 Å². The molecule has 21 heavy (non-hydrogen) atoms. The summed E-state index contributed by atoms with van der Waals surface area (Å²) < 4.78 is 35.7. The first kappa shape index (κ1) is 17.5. The van der Waals surface area contributed by atoms with E-state index in [-0.39, 0.29) is 6.54 Å². The molecule has 1 aromatic rings. The second kappa shape index (κ2) is 8.67. The molecule has 1 amide bonds. The Morgan fingerprint density at radius 2 is 1.81 bits per heavy atom. The summed E-state index contributed by atoms with van der Waals surface area (Å²) in [5, 5.41) is 4.61. The molecule has 6 heteroatoms. The molecule has 0 aliphatic heterocycles. The smallest absolute Gasteiger partial charge is 0.325 e. The van der Waals surface area contributed by atoms with Crippen molar-refractivity contribution in [2.24, 2.45) is 0 Å². The van der Waals surface area contributed by atoms with E-state index in [0.717, 1.165) is 12.8 Å². The van der Waals surface area contributed by atoms with Crippen molar-refractivity contribution in [3.63, 3.8) is 0 Å². The van der Waals surface area contributed by atoms with E-state index in [1.165, 1.54) is 18.4 Å². The number of alkyl halides is 3. The fraction of sp³-hybridized carbons (Fsp3) is 0.533. The van der Waals surface area contributed by atoms with Gasteiger partial charge in [-0.15, -0.1) is 0 Å². The normalized spacial score (nSPS) is 11.4. The van der Waals surface area contributed by atoms with Gasteiger partial charge >= 0.3 is 6.18 Å². The lowest BCUT2D eigenvalue weighted by atomic mass is 10.1. The lowest BCUT2D eigenvalue weighted by Crippen LogP contribution is -2.35. The van der Waals surface area contributed by atoms with E-state index < -0.39 is 18.6 Å². The Balaban J connectivity index is 2.32. The number of carbonyl (C=O) groups is 1. The van der Waals surface area contributed by atoms with E-state index in [2.05, 4.69) is 17.6 Å². The Hall–Kier alpha value is -1.56. The molecule has 2 N–H and O–H groups in total. The maximum atomic E-state index is 11.9. The average Bonchev–Trinajstić information content (AvgIpc) is 2.39. The van der Waals surface area contributed by atoms with Crippen LogP contribution in [0.3, 0.4) is 0 Å². The second-order valence-electron chi connectivity index (χ2n) is 4.92. The first-order valence-electron chi connectivity index (χ1n) is 7.07. The number of halogens is 3.